The Morgan fingerprint density at radius 2 is 2.00 bits per heavy atom. The number of nitrogens with one attached hydrogen (secondary N) is 1. The van der Waals surface area contributed by atoms with E-state index in [4.69, 9.17) is 11.6 Å². The van der Waals surface area contributed by atoms with Crippen molar-refractivity contribution < 1.29 is 0 Å². The lowest BCUT2D eigenvalue weighted by Gasteiger charge is -2.22. The predicted molar refractivity (Wildman–Crippen MR) is 104 cm³/mol. The number of benzene rings is 1. The molecule has 0 bridgehead atoms. The van der Waals surface area contributed by atoms with Crippen molar-refractivity contribution >= 4 is 17.6 Å². The van der Waals surface area contributed by atoms with E-state index in [1.165, 1.54) is 5.56 Å². The Balaban J connectivity index is 1.62. The van der Waals surface area contributed by atoms with Gasteiger partial charge >= 0.3 is 0 Å². The van der Waals surface area contributed by atoms with E-state index in [0.717, 1.165) is 28.9 Å². The summed E-state index contributed by atoms with van der Waals surface area (Å²) in [4.78, 5) is 10.8. The first-order valence-corrected chi connectivity index (χ1v) is 8.64. The fourth-order valence-corrected chi connectivity index (χ4v) is 2.73. The highest BCUT2D eigenvalue weighted by atomic mass is 35.5. The minimum atomic E-state index is 0.647. The van der Waals surface area contributed by atoms with Crippen LogP contribution in [0.3, 0.4) is 0 Å². The summed E-state index contributed by atoms with van der Waals surface area (Å²) < 4.78 is 1.74. The summed E-state index contributed by atoms with van der Waals surface area (Å²) in [5, 5.41) is 8.34. The zero-order chi connectivity index (χ0) is 18.4. The minimum absolute atomic E-state index is 0.647. The van der Waals surface area contributed by atoms with Gasteiger partial charge in [0.2, 0.25) is 0 Å². The van der Waals surface area contributed by atoms with Gasteiger partial charge in [0.05, 0.1) is 0 Å². The van der Waals surface area contributed by atoms with Crippen LogP contribution in [0.5, 0.6) is 0 Å². The maximum Gasteiger partial charge on any atom is 0.193 e. The van der Waals surface area contributed by atoms with Gasteiger partial charge < -0.3 is 10.2 Å². The van der Waals surface area contributed by atoms with Crippen LogP contribution in [0.25, 0.3) is 5.82 Å². The number of hydrogen-bond acceptors (Lipinski definition) is 3. The highest BCUT2D eigenvalue weighted by molar-refractivity contribution is 6.30. The van der Waals surface area contributed by atoms with Crippen LogP contribution in [0.1, 0.15) is 11.1 Å². The van der Waals surface area contributed by atoms with Crippen LogP contribution in [-0.4, -0.2) is 39.7 Å². The van der Waals surface area contributed by atoms with Gasteiger partial charge in [-0.15, -0.1) is 0 Å². The van der Waals surface area contributed by atoms with E-state index in [1.54, 1.807) is 24.1 Å². The van der Waals surface area contributed by atoms with E-state index in [1.807, 2.05) is 55.7 Å². The molecule has 6 nitrogen and oxygen atoms in total. The Bertz CT molecular complexity index is 858. The van der Waals surface area contributed by atoms with E-state index in [0.29, 0.717) is 6.54 Å². The Hall–Kier alpha value is -2.86. The van der Waals surface area contributed by atoms with Gasteiger partial charge in [0, 0.05) is 50.8 Å². The molecule has 0 fully saturated rings. The number of pyridine rings is 1. The average Bonchev–Trinajstić information content (AvgIpc) is 3.19. The first-order valence-electron chi connectivity index (χ1n) is 8.27. The molecule has 0 spiro atoms. The van der Waals surface area contributed by atoms with Gasteiger partial charge in [-0.05, 0) is 41.5 Å². The maximum atomic E-state index is 5.94. The minimum Gasteiger partial charge on any atom is -0.352 e. The number of guanidine groups is 1. The second-order valence-corrected chi connectivity index (χ2v) is 6.29. The van der Waals surface area contributed by atoms with Gasteiger partial charge in [-0.25, -0.2) is 9.67 Å². The molecule has 3 aromatic rings. The Labute approximate surface area is 158 Å². The number of nitrogens with zero attached hydrogens (tertiary/aromatic N) is 5. The van der Waals surface area contributed by atoms with Crippen LogP contribution < -0.4 is 5.32 Å². The Morgan fingerprint density at radius 3 is 2.69 bits per heavy atom. The number of hydrogen-bond donors (Lipinski definition) is 1. The molecule has 0 saturated carbocycles. The molecule has 1 N–H and O–H groups in total. The zero-order valence-corrected chi connectivity index (χ0v) is 15.6. The fourth-order valence-electron chi connectivity index (χ4n) is 2.60. The SMILES string of the molecule is CN=C(NCc1ccnc(-n2cccn2)c1)N(C)Cc1ccc(Cl)cc1. The van der Waals surface area contributed by atoms with Crippen molar-refractivity contribution in [1.82, 2.24) is 25.0 Å². The molecule has 7 heteroatoms. The highest BCUT2D eigenvalue weighted by Gasteiger charge is 2.07. The molecular formula is C19H21ClN6. The molecule has 2 heterocycles. The van der Waals surface area contributed by atoms with Crippen molar-refractivity contribution in [3.63, 3.8) is 0 Å². The molecule has 0 unspecified atom stereocenters. The molecule has 0 aliphatic carbocycles. The van der Waals surface area contributed by atoms with Crippen molar-refractivity contribution in [3.8, 4) is 5.82 Å². The lowest BCUT2D eigenvalue weighted by Crippen LogP contribution is -2.38. The lowest BCUT2D eigenvalue weighted by molar-refractivity contribution is 0.476. The molecule has 3 rings (SSSR count). The van der Waals surface area contributed by atoms with Crippen LogP contribution >= 0.6 is 11.6 Å². The van der Waals surface area contributed by atoms with Crippen LogP contribution in [0.2, 0.25) is 5.02 Å². The molecule has 134 valence electrons. The summed E-state index contributed by atoms with van der Waals surface area (Å²) in [5.41, 5.74) is 2.27. The molecule has 1 aromatic carbocycles. The number of halogens is 1. The summed E-state index contributed by atoms with van der Waals surface area (Å²) in [7, 11) is 3.79. The standard InChI is InChI=1S/C19H21ClN6/c1-21-19(25(2)14-15-4-6-17(20)7-5-15)23-13-16-8-10-22-18(12-16)26-11-3-9-24-26/h3-12H,13-14H2,1-2H3,(H,21,23). The van der Waals surface area contributed by atoms with E-state index >= 15 is 0 Å². The van der Waals surface area contributed by atoms with Crippen molar-refractivity contribution in [3.05, 3.63) is 77.2 Å². The topological polar surface area (TPSA) is 58.3 Å². The van der Waals surface area contributed by atoms with Crippen LogP contribution in [0.4, 0.5) is 0 Å². The van der Waals surface area contributed by atoms with Crippen LogP contribution in [0, 0.1) is 0 Å². The number of rotatable bonds is 5. The molecular weight excluding hydrogens is 348 g/mol. The first-order chi connectivity index (χ1) is 12.7. The largest absolute Gasteiger partial charge is 0.352 e. The zero-order valence-electron chi connectivity index (χ0n) is 14.8. The van der Waals surface area contributed by atoms with Crippen molar-refractivity contribution in [1.29, 1.82) is 0 Å². The third kappa shape index (κ3) is 4.61. The third-order valence-corrected chi connectivity index (χ3v) is 4.16. The van der Waals surface area contributed by atoms with Gasteiger partial charge in [-0.2, -0.15) is 5.10 Å². The van der Waals surface area contributed by atoms with E-state index in [2.05, 4.69) is 25.3 Å². The summed E-state index contributed by atoms with van der Waals surface area (Å²) in [6.07, 6.45) is 5.40. The smallest absolute Gasteiger partial charge is 0.193 e. The summed E-state index contributed by atoms with van der Waals surface area (Å²) in [6, 6.07) is 13.7. The van der Waals surface area contributed by atoms with Crippen LogP contribution in [-0.2, 0) is 13.1 Å². The van der Waals surface area contributed by atoms with Gasteiger partial charge in [0.25, 0.3) is 0 Å². The monoisotopic (exact) mass is 368 g/mol. The van der Waals surface area contributed by atoms with Gasteiger partial charge in [0.1, 0.15) is 0 Å². The summed E-state index contributed by atoms with van der Waals surface area (Å²) in [6.45, 7) is 1.39. The molecule has 0 radical (unpaired) electrons. The molecule has 2 aromatic heterocycles. The lowest BCUT2D eigenvalue weighted by atomic mass is 10.2. The molecule has 0 atom stereocenters. The van der Waals surface area contributed by atoms with E-state index in [9.17, 15) is 0 Å². The van der Waals surface area contributed by atoms with Crippen molar-refractivity contribution in [2.75, 3.05) is 14.1 Å². The van der Waals surface area contributed by atoms with E-state index < -0.39 is 0 Å². The maximum absolute atomic E-state index is 5.94. The van der Waals surface area contributed by atoms with E-state index in [-0.39, 0.29) is 0 Å². The molecule has 0 amide bonds. The highest BCUT2D eigenvalue weighted by Crippen LogP contribution is 2.11. The van der Waals surface area contributed by atoms with Gasteiger partial charge in [-0.3, -0.25) is 4.99 Å². The van der Waals surface area contributed by atoms with Crippen molar-refractivity contribution in [2.24, 2.45) is 4.99 Å². The first kappa shape index (κ1) is 17.9. The Kier molecular flexibility index (Phi) is 5.86. The quantitative estimate of drug-likeness (QED) is 0.555. The second kappa shape index (κ2) is 8.49. The average molecular weight is 369 g/mol. The number of aliphatic imine (C=N–C) groups is 1. The number of aromatic nitrogens is 3. The third-order valence-electron chi connectivity index (χ3n) is 3.91. The molecule has 26 heavy (non-hydrogen) atoms. The Morgan fingerprint density at radius 1 is 1.19 bits per heavy atom. The van der Waals surface area contributed by atoms with Crippen LogP contribution in [0.15, 0.2) is 66.0 Å². The summed E-state index contributed by atoms with van der Waals surface area (Å²) in [5.74, 6) is 1.61. The summed E-state index contributed by atoms with van der Waals surface area (Å²) >= 11 is 5.94. The molecule has 0 saturated heterocycles. The molecule has 0 aliphatic heterocycles. The van der Waals surface area contributed by atoms with Crippen molar-refractivity contribution in [2.45, 2.75) is 13.1 Å². The van der Waals surface area contributed by atoms with Gasteiger partial charge in [-0.1, -0.05) is 23.7 Å². The normalized spacial score (nSPS) is 11.4. The van der Waals surface area contributed by atoms with Gasteiger partial charge in [0.15, 0.2) is 11.8 Å². The predicted octanol–water partition coefficient (Wildman–Crippen LogP) is 3.13. The second-order valence-electron chi connectivity index (χ2n) is 5.86. The fraction of sp³-hybridized carbons (Fsp3) is 0.211. The molecule has 0 aliphatic rings.